The molecular formula is C70H132F2N12O10. The Hall–Kier alpha value is -5.34. The number of nitrogens with one attached hydrogen (secondary N) is 7. The second-order valence-corrected chi connectivity index (χ2v) is 28.3. The monoisotopic (exact) mass is 1340 g/mol. The molecule has 4 heterocycles. The third kappa shape index (κ3) is 44.4. The Morgan fingerprint density at radius 3 is 1.65 bits per heavy atom. The van der Waals surface area contributed by atoms with Crippen LogP contribution in [0.1, 0.15) is 189 Å². The molecule has 22 nitrogen and oxygen atoms in total. The van der Waals surface area contributed by atoms with Crippen LogP contribution in [-0.2, 0) is 32.1 Å². The quantitative estimate of drug-likeness (QED) is 0.0393. The SMILES string of the molecule is C1CCOC1.CC(C)C=O.CC(C)CN1C[C@H](C)CCN2C(=O)c3c(O)c(=O)c(C(=O)NCc4ccc(F)cc4F)cn3CC12.CNCC[C@@H](C)CN.CNCC[C@@H](C)CNC(=O)OC(C)(C)C.CNCC[C@@H](C)CNCC(C)C.C[C@H](CCN)CNC(=O)OC(C)(C)C. The van der Waals surface area contributed by atoms with Gasteiger partial charge in [-0.1, -0.05) is 82.2 Å². The van der Waals surface area contributed by atoms with Gasteiger partial charge in [0.1, 0.15) is 40.9 Å². The summed E-state index contributed by atoms with van der Waals surface area (Å²) < 4.78 is 43.7. The van der Waals surface area contributed by atoms with Crippen LogP contribution < -0.4 is 54.1 Å². The van der Waals surface area contributed by atoms with Crippen molar-refractivity contribution >= 4 is 30.3 Å². The van der Waals surface area contributed by atoms with E-state index in [1.54, 1.807) is 4.90 Å². The van der Waals surface area contributed by atoms with E-state index < -0.39 is 45.8 Å². The van der Waals surface area contributed by atoms with Crippen LogP contribution >= 0.6 is 0 Å². The van der Waals surface area contributed by atoms with Gasteiger partial charge in [0.05, 0.1) is 6.54 Å². The summed E-state index contributed by atoms with van der Waals surface area (Å²) in [5, 5.41) is 31.3. The van der Waals surface area contributed by atoms with Gasteiger partial charge in [0.2, 0.25) is 5.43 Å². The van der Waals surface area contributed by atoms with Crippen LogP contribution in [0.5, 0.6) is 5.75 Å². The van der Waals surface area contributed by atoms with Crippen LogP contribution in [0.25, 0.3) is 0 Å². The van der Waals surface area contributed by atoms with Crippen molar-refractivity contribution in [3.8, 4) is 5.75 Å². The molecule has 0 saturated carbocycles. The van der Waals surface area contributed by atoms with Crippen LogP contribution in [0.3, 0.4) is 0 Å². The smallest absolute Gasteiger partial charge is 0.407 e. The van der Waals surface area contributed by atoms with E-state index in [1.807, 2.05) is 83.5 Å². The highest BCUT2D eigenvalue weighted by atomic mass is 19.1. The maximum Gasteiger partial charge on any atom is 0.407 e. The first-order valence-electron chi connectivity index (χ1n) is 34.3. The van der Waals surface area contributed by atoms with Gasteiger partial charge >= 0.3 is 12.2 Å². The average molecular weight is 1340 g/mol. The van der Waals surface area contributed by atoms with Crippen molar-refractivity contribution in [1.29, 1.82) is 0 Å². The largest absolute Gasteiger partial charge is 0.503 e. The molecule has 5 rings (SSSR count). The van der Waals surface area contributed by atoms with E-state index in [0.29, 0.717) is 68.4 Å². The van der Waals surface area contributed by atoms with Crippen molar-refractivity contribution in [2.24, 2.45) is 58.8 Å². The number of hydrogen-bond acceptors (Lipinski definition) is 17. The summed E-state index contributed by atoms with van der Waals surface area (Å²) >= 11 is 0. The molecule has 3 aliphatic rings. The number of alkyl carbamates (subject to hydrolysis) is 2. The summed E-state index contributed by atoms with van der Waals surface area (Å²) in [5.74, 6) is 0.412. The van der Waals surface area contributed by atoms with Crippen LogP contribution in [0, 0.1) is 59.0 Å². The number of aromatic nitrogens is 1. The number of pyridine rings is 1. The first-order chi connectivity index (χ1) is 44.0. The number of rotatable bonds is 26. The van der Waals surface area contributed by atoms with Crippen molar-refractivity contribution in [1.82, 2.24) is 51.6 Å². The number of carbonyl (C=O) groups is 5. The van der Waals surface area contributed by atoms with E-state index in [-0.39, 0.29) is 47.6 Å². The molecule has 1 aromatic carbocycles. The minimum Gasteiger partial charge on any atom is -0.503 e. The number of ether oxygens (including phenoxy) is 3. The van der Waals surface area contributed by atoms with Crippen molar-refractivity contribution in [2.75, 3.05) is 113 Å². The zero-order valence-electron chi connectivity index (χ0n) is 61.7. The standard InChI is InChI=1S/C25H30F2N4O4.C11H24N2O2.C10H22N2O2.C10H24N2.C6H16N2.2C4H8O/c1-14(2)10-29-11-15(3)6-7-31-20(29)13-30-12-18(22(32)23(33)21(30)25(31)35)24(34)28-9-16-4-5-17(26)8-19(16)27;1-9(6-7-12-5)8-13-10(14)15-11(2,3)4;1-8(5-6-11)7-12-9(13)14-10(2,3)4;1-9(2)7-12-8-10(3)5-6-11-4;1-6(5-7)3-4-8-2;1-2-4-5-3-1;1-4(2)3-5/h4-5,8,12,14-15,20,33H,6-7,9-11,13H2,1-3H3,(H,28,34);9,12H,6-8H2,1-5H3,(H,13,14);8H,5-7,11H2,1-4H3,(H,12,13);9-12H,5-8H2,1-4H3;6,8H,3-5,7H2,1-2H3;1-4H2;3-4H,1-2H3/t15-,20?;9-;8-;10-;6-;;/m11111../s1. The van der Waals surface area contributed by atoms with Crippen LogP contribution in [0.4, 0.5) is 18.4 Å². The van der Waals surface area contributed by atoms with E-state index in [4.69, 9.17) is 25.7 Å². The molecule has 3 aliphatic heterocycles. The van der Waals surface area contributed by atoms with Crippen molar-refractivity contribution < 1.29 is 52.1 Å². The average Bonchev–Trinajstić information content (AvgIpc) is 1.10. The predicted molar refractivity (Wildman–Crippen MR) is 377 cm³/mol. The molecule has 0 aliphatic carbocycles. The second-order valence-electron chi connectivity index (χ2n) is 28.3. The van der Waals surface area contributed by atoms with E-state index in [0.717, 1.165) is 109 Å². The molecule has 2 saturated heterocycles. The zero-order chi connectivity index (χ0) is 72.1. The number of aldehydes is 1. The Morgan fingerprint density at radius 2 is 1.22 bits per heavy atom. The molecule has 0 radical (unpaired) electrons. The molecule has 24 heteroatoms. The predicted octanol–water partition coefficient (Wildman–Crippen LogP) is 9.10. The summed E-state index contributed by atoms with van der Waals surface area (Å²) in [7, 11) is 5.89. The minimum absolute atomic E-state index is 0.0461. The fraction of sp³-hybridized carbons (Fsp3) is 0.771. The molecule has 6 atom stereocenters. The molecule has 1 unspecified atom stereocenters. The number of carbonyl (C=O) groups excluding carboxylic acids is 5. The summed E-state index contributed by atoms with van der Waals surface area (Å²) in [5.41, 5.74) is 8.52. The topological polar surface area (TPSA) is 298 Å². The highest BCUT2D eigenvalue weighted by Gasteiger charge is 2.41. The van der Waals surface area contributed by atoms with Gasteiger partial charge in [0.25, 0.3) is 11.8 Å². The Kier molecular flexibility index (Phi) is 49.2. The lowest BCUT2D eigenvalue weighted by Gasteiger charge is -2.42. The summed E-state index contributed by atoms with van der Waals surface area (Å²) in [6.07, 6.45) is 9.01. The van der Waals surface area contributed by atoms with E-state index in [1.165, 1.54) is 42.5 Å². The van der Waals surface area contributed by atoms with Gasteiger partial charge in [0, 0.05) is 76.2 Å². The third-order valence-electron chi connectivity index (χ3n) is 14.4. The van der Waals surface area contributed by atoms with Crippen LogP contribution in [-0.4, -0.2) is 180 Å². The molecule has 2 aromatic rings. The van der Waals surface area contributed by atoms with Gasteiger partial charge in [-0.2, -0.15) is 0 Å². The number of nitrogens with zero attached hydrogens (tertiary/aromatic N) is 3. The fourth-order valence-corrected chi connectivity index (χ4v) is 9.02. The molecule has 1 aromatic heterocycles. The van der Waals surface area contributed by atoms with E-state index in [9.17, 15) is 42.7 Å². The normalized spacial score (nSPS) is 16.4. The number of aromatic hydroxyl groups is 1. The van der Waals surface area contributed by atoms with Gasteiger partial charge in [-0.25, -0.2) is 18.4 Å². The molecule has 4 amide bonds. The van der Waals surface area contributed by atoms with Gasteiger partial charge in [-0.3, -0.25) is 19.3 Å². The van der Waals surface area contributed by atoms with Crippen molar-refractivity contribution in [3.63, 3.8) is 0 Å². The first-order valence-corrected chi connectivity index (χ1v) is 34.3. The lowest BCUT2D eigenvalue weighted by Crippen LogP contribution is -2.57. The van der Waals surface area contributed by atoms with Crippen LogP contribution in [0.2, 0.25) is 0 Å². The summed E-state index contributed by atoms with van der Waals surface area (Å²) in [6.45, 7) is 46.6. The van der Waals surface area contributed by atoms with E-state index in [2.05, 4.69) is 97.5 Å². The molecule has 0 spiro atoms. The van der Waals surface area contributed by atoms with Gasteiger partial charge in [-0.15, -0.1) is 0 Å². The summed E-state index contributed by atoms with van der Waals surface area (Å²) in [4.78, 5) is 74.9. The number of halogens is 2. The lowest BCUT2D eigenvalue weighted by atomic mass is 10.1. The Morgan fingerprint density at radius 1 is 0.723 bits per heavy atom. The lowest BCUT2D eigenvalue weighted by molar-refractivity contribution is -0.110. The van der Waals surface area contributed by atoms with Gasteiger partial charge < -0.3 is 82.3 Å². The number of nitrogens with two attached hydrogens (primary N) is 2. The zero-order valence-corrected chi connectivity index (χ0v) is 61.7. The minimum atomic E-state index is -0.970. The number of hydrogen-bond donors (Lipinski definition) is 10. The van der Waals surface area contributed by atoms with E-state index >= 15 is 0 Å². The first kappa shape index (κ1) is 90.7. The molecular weight excluding hydrogens is 1210 g/mol. The van der Waals surface area contributed by atoms with Gasteiger partial charge in [-0.05, 0) is 201 Å². The molecule has 12 N–H and O–H groups in total. The second kappa shape index (κ2) is 51.0. The highest BCUT2D eigenvalue weighted by molar-refractivity contribution is 5.99. The molecule has 0 bridgehead atoms. The van der Waals surface area contributed by atoms with Crippen LogP contribution in [0.15, 0.2) is 29.2 Å². The maximum absolute atomic E-state index is 13.9. The molecule has 546 valence electrons. The summed E-state index contributed by atoms with van der Waals surface area (Å²) in [6, 6.07) is 2.97. The Bertz CT molecular complexity index is 2430. The number of fused-ring (bicyclic) bond motifs is 2. The Balaban J connectivity index is 0. The maximum atomic E-state index is 13.9. The van der Waals surface area contributed by atoms with Crippen molar-refractivity contribution in [2.45, 2.75) is 193 Å². The third-order valence-corrected chi connectivity index (χ3v) is 14.4. The number of benzene rings is 1. The Labute approximate surface area is 565 Å². The fourth-order valence-electron chi connectivity index (χ4n) is 9.02. The molecule has 94 heavy (non-hydrogen) atoms. The van der Waals surface area contributed by atoms with Gasteiger partial charge in [0.15, 0.2) is 11.4 Å². The van der Waals surface area contributed by atoms with Crippen molar-refractivity contribution in [3.05, 3.63) is 63.1 Å². The molecule has 2 fully saturated rings. The number of amides is 4. The highest BCUT2D eigenvalue weighted by Crippen LogP contribution is 2.30.